The molecule has 1 heterocycles. The Balaban J connectivity index is 2.06. The van der Waals surface area contributed by atoms with Crippen LogP contribution >= 0.6 is 0 Å². The van der Waals surface area contributed by atoms with Gasteiger partial charge in [0.2, 0.25) is 0 Å². The molecular formula is C11H12F2N2O. The number of carbonyl (C=O) groups excluding carboxylic acids is 1. The average Bonchev–Trinajstić information content (AvgIpc) is 2.72. The standard InChI is InChI=1S/C11H12F2N2O/c12-10(13)6-15-11(16)7-1-2-8-4-14-5-9(8)3-7/h1-3,10,14H,4-6H2,(H,15,16). The van der Waals surface area contributed by atoms with Crippen molar-refractivity contribution in [1.29, 1.82) is 0 Å². The molecule has 1 aromatic rings. The van der Waals surface area contributed by atoms with Crippen LogP contribution in [0.4, 0.5) is 8.78 Å². The molecule has 0 unspecified atom stereocenters. The van der Waals surface area contributed by atoms with Crippen LogP contribution in [0.3, 0.4) is 0 Å². The Labute approximate surface area is 91.8 Å². The average molecular weight is 226 g/mol. The number of halogens is 2. The van der Waals surface area contributed by atoms with Gasteiger partial charge in [0.15, 0.2) is 0 Å². The van der Waals surface area contributed by atoms with Gasteiger partial charge in [-0.05, 0) is 23.3 Å². The summed E-state index contributed by atoms with van der Waals surface area (Å²) in [5, 5.41) is 5.33. The lowest BCUT2D eigenvalue weighted by molar-refractivity contribution is 0.0891. The van der Waals surface area contributed by atoms with E-state index in [4.69, 9.17) is 0 Å². The Morgan fingerprint density at radius 1 is 1.38 bits per heavy atom. The number of alkyl halides is 2. The third-order valence-corrected chi connectivity index (χ3v) is 2.52. The second-order valence-corrected chi connectivity index (χ2v) is 3.69. The predicted molar refractivity (Wildman–Crippen MR) is 55.3 cm³/mol. The Morgan fingerprint density at radius 2 is 2.12 bits per heavy atom. The summed E-state index contributed by atoms with van der Waals surface area (Å²) in [5.74, 6) is -0.449. The highest BCUT2D eigenvalue weighted by Gasteiger charge is 2.14. The van der Waals surface area contributed by atoms with E-state index in [2.05, 4.69) is 10.6 Å². The molecule has 0 fully saturated rings. The maximum absolute atomic E-state index is 11.9. The first-order valence-electron chi connectivity index (χ1n) is 5.05. The maximum atomic E-state index is 11.9. The molecule has 0 saturated carbocycles. The minimum absolute atomic E-state index is 0.433. The van der Waals surface area contributed by atoms with Crippen LogP contribution in [0, 0.1) is 0 Å². The summed E-state index contributed by atoms with van der Waals surface area (Å²) in [4.78, 5) is 11.5. The number of hydrogen-bond donors (Lipinski definition) is 2. The number of rotatable bonds is 3. The lowest BCUT2D eigenvalue weighted by Crippen LogP contribution is -2.28. The van der Waals surface area contributed by atoms with Crippen molar-refractivity contribution in [3.05, 3.63) is 34.9 Å². The van der Waals surface area contributed by atoms with Crippen molar-refractivity contribution in [3.8, 4) is 0 Å². The highest BCUT2D eigenvalue weighted by molar-refractivity contribution is 5.94. The molecule has 0 atom stereocenters. The highest BCUT2D eigenvalue weighted by Crippen LogP contribution is 2.16. The van der Waals surface area contributed by atoms with Crippen molar-refractivity contribution in [2.24, 2.45) is 0 Å². The topological polar surface area (TPSA) is 41.1 Å². The van der Waals surface area contributed by atoms with Crippen LogP contribution in [-0.2, 0) is 13.1 Å². The number of fused-ring (bicyclic) bond motifs is 1. The highest BCUT2D eigenvalue weighted by atomic mass is 19.3. The molecule has 5 heteroatoms. The monoisotopic (exact) mass is 226 g/mol. The molecule has 86 valence electrons. The van der Waals surface area contributed by atoms with E-state index in [1.165, 1.54) is 0 Å². The fourth-order valence-corrected chi connectivity index (χ4v) is 1.71. The largest absolute Gasteiger partial charge is 0.346 e. The molecular weight excluding hydrogens is 214 g/mol. The van der Waals surface area contributed by atoms with E-state index in [0.717, 1.165) is 24.2 Å². The van der Waals surface area contributed by atoms with Crippen molar-refractivity contribution in [2.75, 3.05) is 6.54 Å². The summed E-state index contributed by atoms with van der Waals surface area (Å²) in [6.07, 6.45) is -2.51. The first-order chi connectivity index (χ1) is 7.66. The summed E-state index contributed by atoms with van der Waals surface area (Å²) in [5.41, 5.74) is 2.65. The van der Waals surface area contributed by atoms with Crippen molar-refractivity contribution < 1.29 is 13.6 Å². The van der Waals surface area contributed by atoms with Crippen LogP contribution < -0.4 is 10.6 Å². The SMILES string of the molecule is O=C(NCC(F)F)c1ccc2c(c1)CNC2. The van der Waals surface area contributed by atoms with E-state index < -0.39 is 18.9 Å². The summed E-state index contributed by atoms with van der Waals surface area (Å²) in [6.45, 7) is 0.924. The van der Waals surface area contributed by atoms with Crippen LogP contribution in [0.2, 0.25) is 0 Å². The molecule has 0 bridgehead atoms. The molecule has 0 saturated heterocycles. The number of benzene rings is 1. The third kappa shape index (κ3) is 2.36. The van der Waals surface area contributed by atoms with Gasteiger partial charge in [0.25, 0.3) is 12.3 Å². The first-order valence-corrected chi connectivity index (χ1v) is 5.05. The Morgan fingerprint density at radius 3 is 2.88 bits per heavy atom. The van der Waals surface area contributed by atoms with Crippen LogP contribution in [0.25, 0.3) is 0 Å². The van der Waals surface area contributed by atoms with Crippen LogP contribution in [0.5, 0.6) is 0 Å². The van der Waals surface area contributed by atoms with Crippen molar-refractivity contribution in [1.82, 2.24) is 10.6 Å². The fourth-order valence-electron chi connectivity index (χ4n) is 1.71. The van der Waals surface area contributed by atoms with Crippen LogP contribution in [0.15, 0.2) is 18.2 Å². The number of nitrogens with one attached hydrogen (secondary N) is 2. The van der Waals surface area contributed by atoms with E-state index in [1.807, 2.05) is 6.07 Å². The van der Waals surface area contributed by atoms with Crippen molar-refractivity contribution in [2.45, 2.75) is 19.5 Å². The molecule has 1 aliphatic rings. The van der Waals surface area contributed by atoms with Gasteiger partial charge in [-0.3, -0.25) is 4.79 Å². The maximum Gasteiger partial charge on any atom is 0.255 e. The van der Waals surface area contributed by atoms with Gasteiger partial charge in [0.1, 0.15) is 0 Å². The Hall–Kier alpha value is -1.49. The zero-order chi connectivity index (χ0) is 11.5. The second kappa shape index (κ2) is 4.57. The zero-order valence-electron chi connectivity index (χ0n) is 8.59. The molecule has 1 aliphatic heterocycles. The van der Waals surface area contributed by atoms with Crippen molar-refractivity contribution >= 4 is 5.91 Å². The molecule has 0 aliphatic carbocycles. The van der Waals surface area contributed by atoms with Gasteiger partial charge in [0, 0.05) is 18.7 Å². The zero-order valence-corrected chi connectivity index (χ0v) is 8.59. The van der Waals surface area contributed by atoms with Gasteiger partial charge in [-0.15, -0.1) is 0 Å². The van der Waals surface area contributed by atoms with E-state index >= 15 is 0 Å². The molecule has 0 spiro atoms. The van der Waals surface area contributed by atoms with Crippen LogP contribution in [-0.4, -0.2) is 18.9 Å². The number of carbonyl (C=O) groups is 1. The molecule has 1 amide bonds. The van der Waals surface area contributed by atoms with Gasteiger partial charge in [-0.1, -0.05) is 6.07 Å². The minimum Gasteiger partial charge on any atom is -0.346 e. The third-order valence-electron chi connectivity index (χ3n) is 2.52. The molecule has 2 rings (SSSR count). The number of hydrogen-bond acceptors (Lipinski definition) is 2. The normalized spacial score (nSPS) is 13.9. The molecule has 0 aromatic heterocycles. The van der Waals surface area contributed by atoms with E-state index in [0.29, 0.717) is 5.56 Å². The fraction of sp³-hybridized carbons (Fsp3) is 0.364. The smallest absolute Gasteiger partial charge is 0.255 e. The quantitative estimate of drug-likeness (QED) is 0.815. The van der Waals surface area contributed by atoms with Gasteiger partial charge in [-0.25, -0.2) is 8.78 Å². The molecule has 16 heavy (non-hydrogen) atoms. The molecule has 2 N–H and O–H groups in total. The lowest BCUT2D eigenvalue weighted by atomic mass is 10.1. The van der Waals surface area contributed by atoms with Crippen molar-refractivity contribution in [3.63, 3.8) is 0 Å². The van der Waals surface area contributed by atoms with Gasteiger partial charge < -0.3 is 10.6 Å². The molecule has 0 radical (unpaired) electrons. The summed E-state index contributed by atoms with van der Waals surface area (Å²) < 4.78 is 23.8. The summed E-state index contributed by atoms with van der Waals surface area (Å²) >= 11 is 0. The van der Waals surface area contributed by atoms with E-state index in [-0.39, 0.29) is 0 Å². The molecule has 3 nitrogen and oxygen atoms in total. The minimum atomic E-state index is -2.51. The van der Waals surface area contributed by atoms with E-state index in [9.17, 15) is 13.6 Å². The first kappa shape index (κ1) is 11.0. The predicted octanol–water partition coefficient (Wildman–Crippen LogP) is 1.28. The summed E-state index contributed by atoms with van der Waals surface area (Å²) in [6, 6.07) is 5.26. The Kier molecular flexibility index (Phi) is 3.14. The number of amides is 1. The van der Waals surface area contributed by atoms with Gasteiger partial charge in [-0.2, -0.15) is 0 Å². The molecule has 1 aromatic carbocycles. The van der Waals surface area contributed by atoms with Gasteiger partial charge in [0.05, 0.1) is 6.54 Å². The summed E-state index contributed by atoms with van der Waals surface area (Å²) in [7, 11) is 0. The second-order valence-electron chi connectivity index (χ2n) is 3.69. The van der Waals surface area contributed by atoms with Gasteiger partial charge >= 0.3 is 0 Å². The van der Waals surface area contributed by atoms with Crippen LogP contribution in [0.1, 0.15) is 21.5 Å². The Bertz CT molecular complexity index is 407. The van der Waals surface area contributed by atoms with E-state index in [1.54, 1.807) is 12.1 Å². The lowest BCUT2D eigenvalue weighted by Gasteiger charge is -2.05.